The Labute approximate surface area is 126 Å². The maximum atomic E-state index is 12.0. The number of hydrogen-bond donors (Lipinski definition) is 1. The molecule has 0 amide bonds. The van der Waals surface area contributed by atoms with Gasteiger partial charge in [-0.15, -0.1) is 0 Å². The van der Waals surface area contributed by atoms with Crippen molar-refractivity contribution in [3.8, 4) is 0 Å². The largest absolute Gasteiger partial charge is 0.467 e. The molecule has 1 atom stereocenters. The van der Waals surface area contributed by atoms with Gasteiger partial charge >= 0.3 is 5.97 Å². The van der Waals surface area contributed by atoms with Gasteiger partial charge in [-0.3, -0.25) is 0 Å². The summed E-state index contributed by atoms with van der Waals surface area (Å²) in [6.07, 6.45) is 7.86. The summed E-state index contributed by atoms with van der Waals surface area (Å²) in [5.41, 5.74) is 2.30. The molecule has 5 heteroatoms. The number of ether oxygens (including phenoxy) is 1. The molecule has 1 heterocycles. The molecule has 0 fully saturated rings. The molecule has 0 aliphatic heterocycles. The molecule has 1 aromatic heterocycles. The predicted octanol–water partition coefficient (Wildman–Crippen LogP) is 2.75. The Balaban J connectivity index is 2.22. The Morgan fingerprint density at radius 3 is 2.76 bits per heavy atom. The standard InChI is InChI=1S/C16H25N3O2/c1-11(2)9-14(16(20)21-3)19-15-12-7-5-4-6-8-13(12)17-10-18-15/h10-11,14H,4-9H2,1-3H3,(H,17,18,19). The average Bonchev–Trinajstić information content (AvgIpc) is 2.71. The molecule has 116 valence electrons. The summed E-state index contributed by atoms with van der Waals surface area (Å²) < 4.78 is 4.91. The molecule has 0 saturated carbocycles. The van der Waals surface area contributed by atoms with Crippen molar-refractivity contribution >= 4 is 11.8 Å². The van der Waals surface area contributed by atoms with Gasteiger partial charge in [-0.1, -0.05) is 20.3 Å². The fourth-order valence-electron chi connectivity index (χ4n) is 2.82. The number of fused-ring (bicyclic) bond motifs is 1. The minimum atomic E-state index is -0.350. The van der Waals surface area contributed by atoms with Crippen LogP contribution in [0.1, 0.15) is 50.8 Å². The van der Waals surface area contributed by atoms with Crippen LogP contribution in [-0.4, -0.2) is 29.1 Å². The Morgan fingerprint density at radius 1 is 1.29 bits per heavy atom. The third-order valence-electron chi connectivity index (χ3n) is 3.88. The van der Waals surface area contributed by atoms with Gasteiger partial charge < -0.3 is 10.1 Å². The lowest BCUT2D eigenvalue weighted by molar-refractivity contribution is -0.141. The van der Waals surface area contributed by atoms with E-state index in [1.165, 1.54) is 25.5 Å². The van der Waals surface area contributed by atoms with E-state index in [0.717, 1.165) is 37.2 Å². The number of rotatable bonds is 5. The van der Waals surface area contributed by atoms with Crippen LogP contribution in [0.3, 0.4) is 0 Å². The molecule has 1 N–H and O–H groups in total. The van der Waals surface area contributed by atoms with E-state index in [2.05, 4.69) is 29.1 Å². The monoisotopic (exact) mass is 291 g/mol. The van der Waals surface area contributed by atoms with Crippen LogP contribution in [0.4, 0.5) is 5.82 Å². The van der Waals surface area contributed by atoms with Crippen LogP contribution in [0.25, 0.3) is 0 Å². The van der Waals surface area contributed by atoms with Gasteiger partial charge in [0.15, 0.2) is 0 Å². The quantitative estimate of drug-likeness (QED) is 0.667. The summed E-state index contributed by atoms with van der Waals surface area (Å²) in [5.74, 6) is 0.977. The van der Waals surface area contributed by atoms with Crippen LogP contribution in [0.15, 0.2) is 6.33 Å². The first-order valence-corrected chi connectivity index (χ1v) is 7.79. The summed E-state index contributed by atoms with van der Waals surface area (Å²) >= 11 is 0. The first-order valence-electron chi connectivity index (χ1n) is 7.79. The molecule has 21 heavy (non-hydrogen) atoms. The zero-order valence-corrected chi connectivity index (χ0v) is 13.2. The molecule has 0 radical (unpaired) electrons. The van der Waals surface area contributed by atoms with E-state index in [0.29, 0.717) is 5.92 Å². The number of nitrogens with one attached hydrogen (secondary N) is 1. The SMILES string of the molecule is COC(=O)C(CC(C)C)Nc1ncnc2c1CCCCC2. The summed E-state index contributed by atoms with van der Waals surface area (Å²) in [6.45, 7) is 4.19. The second-order valence-corrected chi connectivity index (χ2v) is 6.06. The van der Waals surface area contributed by atoms with Crippen LogP contribution in [0.5, 0.6) is 0 Å². The highest BCUT2D eigenvalue weighted by Crippen LogP contribution is 2.25. The highest BCUT2D eigenvalue weighted by molar-refractivity contribution is 5.79. The van der Waals surface area contributed by atoms with E-state index < -0.39 is 0 Å². The molecule has 0 spiro atoms. The molecule has 1 aliphatic rings. The number of aryl methyl sites for hydroxylation is 1. The Hall–Kier alpha value is -1.65. The zero-order chi connectivity index (χ0) is 15.2. The average molecular weight is 291 g/mol. The third-order valence-corrected chi connectivity index (χ3v) is 3.88. The minimum Gasteiger partial charge on any atom is -0.467 e. The number of esters is 1. The second kappa shape index (κ2) is 7.38. The molecule has 1 unspecified atom stereocenters. The zero-order valence-electron chi connectivity index (χ0n) is 13.2. The van der Waals surface area contributed by atoms with E-state index in [-0.39, 0.29) is 12.0 Å². The minimum absolute atomic E-state index is 0.232. The van der Waals surface area contributed by atoms with Gasteiger partial charge in [0, 0.05) is 11.3 Å². The fraction of sp³-hybridized carbons (Fsp3) is 0.688. The van der Waals surface area contributed by atoms with E-state index in [1.807, 2.05) is 0 Å². The first kappa shape index (κ1) is 15.7. The predicted molar refractivity (Wildman–Crippen MR) is 82.2 cm³/mol. The van der Waals surface area contributed by atoms with E-state index in [9.17, 15) is 4.79 Å². The van der Waals surface area contributed by atoms with Crippen molar-refractivity contribution in [1.29, 1.82) is 0 Å². The first-order chi connectivity index (χ1) is 10.1. The van der Waals surface area contributed by atoms with Crippen LogP contribution in [0.2, 0.25) is 0 Å². The molecule has 2 rings (SSSR count). The van der Waals surface area contributed by atoms with Crippen molar-refractivity contribution < 1.29 is 9.53 Å². The molecule has 1 aromatic rings. The third kappa shape index (κ3) is 4.16. The lowest BCUT2D eigenvalue weighted by atomic mass is 10.0. The lowest BCUT2D eigenvalue weighted by Crippen LogP contribution is -2.33. The topological polar surface area (TPSA) is 64.1 Å². The summed E-state index contributed by atoms with van der Waals surface area (Å²) in [4.78, 5) is 20.7. The van der Waals surface area contributed by atoms with Gasteiger partial charge in [-0.2, -0.15) is 0 Å². The van der Waals surface area contributed by atoms with E-state index >= 15 is 0 Å². The van der Waals surface area contributed by atoms with Gasteiger partial charge in [-0.25, -0.2) is 14.8 Å². The summed E-state index contributed by atoms with van der Waals surface area (Å²) in [6, 6.07) is -0.350. The van der Waals surface area contributed by atoms with Crippen molar-refractivity contribution in [2.75, 3.05) is 12.4 Å². The van der Waals surface area contributed by atoms with Crippen molar-refractivity contribution in [1.82, 2.24) is 9.97 Å². The van der Waals surface area contributed by atoms with Gasteiger partial charge in [0.2, 0.25) is 0 Å². The highest BCUT2D eigenvalue weighted by Gasteiger charge is 2.23. The van der Waals surface area contributed by atoms with Gasteiger partial charge in [0.1, 0.15) is 18.2 Å². The van der Waals surface area contributed by atoms with E-state index in [4.69, 9.17) is 4.74 Å². The normalized spacial score (nSPS) is 16.0. The van der Waals surface area contributed by atoms with Crippen molar-refractivity contribution in [2.24, 2.45) is 5.92 Å². The number of hydrogen-bond acceptors (Lipinski definition) is 5. The van der Waals surface area contributed by atoms with Crippen LogP contribution in [0, 0.1) is 5.92 Å². The molecule has 0 aromatic carbocycles. The number of anilines is 1. The van der Waals surface area contributed by atoms with Gasteiger partial charge in [0.25, 0.3) is 0 Å². The maximum absolute atomic E-state index is 12.0. The van der Waals surface area contributed by atoms with Crippen molar-refractivity contribution in [2.45, 2.75) is 58.4 Å². The second-order valence-electron chi connectivity index (χ2n) is 6.06. The molecule has 1 aliphatic carbocycles. The summed E-state index contributed by atoms with van der Waals surface area (Å²) in [7, 11) is 1.43. The smallest absolute Gasteiger partial charge is 0.328 e. The molecule has 0 saturated heterocycles. The highest BCUT2D eigenvalue weighted by atomic mass is 16.5. The number of methoxy groups -OCH3 is 1. The number of carbonyl (C=O) groups is 1. The molecule has 5 nitrogen and oxygen atoms in total. The summed E-state index contributed by atoms with van der Waals surface area (Å²) in [5, 5.41) is 3.29. The number of nitrogens with zero attached hydrogens (tertiary/aromatic N) is 2. The van der Waals surface area contributed by atoms with Gasteiger partial charge in [0.05, 0.1) is 7.11 Å². The Bertz CT molecular complexity index is 488. The molecule has 0 bridgehead atoms. The van der Waals surface area contributed by atoms with Crippen molar-refractivity contribution in [3.63, 3.8) is 0 Å². The Kier molecular flexibility index (Phi) is 5.53. The van der Waals surface area contributed by atoms with Crippen LogP contribution < -0.4 is 5.32 Å². The number of aromatic nitrogens is 2. The van der Waals surface area contributed by atoms with Crippen LogP contribution in [-0.2, 0) is 22.4 Å². The maximum Gasteiger partial charge on any atom is 0.328 e. The van der Waals surface area contributed by atoms with Crippen LogP contribution >= 0.6 is 0 Å². The number of carbonyl (C=O) groups excluding carboxylic acids is 1. The Morgan fingerprint density at radius 2 is 2.05 bits per heavy atom. The molecular weight excluding hydrogens is 266 g/mol. The van der Waals surface area contributed by atoms with Gasteiger partial charge in [-0.05, 0) is 38.0 Å². The van der Waals surface area contributed by atoms with E-state index in [1.54, 1.807) is 6.33 Å². The molecular formula is C16H25N3O2. The lowest BCUT2D eigenvalue weighted by Gasteiger charge is -2.21. The fourth-order valence-corrected chi connectivity index (χ4v) is 2.82. The van der Waals surface area contributed by atoms with Crippen molar-refractivity contribution in [3.05, 3.63) is 17.6 Å².